The number of rotatable bonds is 5. The maximum Gasteiger partial charge on any atom is 0.416 e. The van der Waals surface area contributed by atoms with E-state index in [4.69, 9.17) is 0 Å². The molecule has 1 heterocycles. The fraction of sp³-hybridized carbons (Fsp3) is 0.520. The van der Waals surface area contributed by atoms with Crippen molar-refractivity contribution in [1.29, 1.82) is 0 Å². The zero-order valence-corrected chi connectivity index (χ0v) is 19.2. The van der Waals surface area contributed by atoms with E-state index in [-0.39, 0.29) is 12.0 Å². The third kappa shape index (κ3) is 6.51. The van der Waals surface area contributed by atoms with E-state index in [0.717, 1.165) is 12.1 Å². The monoisotopic (exact) mass is 511 g/mol. The molecule has 0 aliphatic carbocycles. The summed E-state index contributed by atoms with van der Waals surface area (Å²) >= 11 is 0. The first-order valence-electron chi connectivity index (χ1n) is 11.3. The minimum absolute atomic E-state index is 0.138. The smallest absolute Gasteiger partial charge is 0.289 e. The molecule has 0 amide bonds. The van der Waals surface area contributed by atoms with E-state index in [1.165, 1.54) is 12.1 Å². The Bertz CT molecular complexity index is 990. The first kappa shape index (κ1) is 27.4. The summed E-state index contributed by atoms with van der Waals surface area (Å²) in [7, 11) is 0. The minimum atomic E-state index is -4.85. The molecule has 0 saturated carbocycles. The average molecular weight is 511 g/mol. The maximum absolute atomic E-state index is 13.7. The lowest BCUT2D eigenvalue weighted by molar-refractivity contribution is -0.142. The second-order valence-electron chi connectivity index (χ2n) is 9.19. The molecule has 2 aromatic rings. The highest BCUT2D eigenvalue weighted by atomic mass is 19.4. The lowest BCUT2D eigenvalue weighted by Crippen LogP contribution is -2.44. The fourth-order valence-electron chi connectivity index (χ4n) is 4.92. The molecule has 0 radical (unpaired) electrons. The van der Waals surface area contributed by atoms with Gasteiger partial charge in [0.2, 0.25) is 0 Å². The predicted molar refractivity (Wildman–Crippen MR) is 113 cm³/mol. The first-order chi connectivity index (χ1) is 16.1. The highest BCUT2D eigenvalue weighted by molar-refractivity contribution is 5.36. The molecule has 0 spiro atoms. The SMILES string of the molecule is CCC[C@@H]1C[C@H](C)C[C@H](c2ccc(C(F)(F)F)cc2)N1Cc1cc(C(F)(F)F)ccc1C(F)(F)F. The van der Waals surface area contributed by atoms with Gasteiger partial charge in [-0.25, -0.2) is 0 Å². The minimum Gasteiger partial charge on any atom is -0.289 e. The van der Waals surface area contributed by atoms with Crippen molar-refractivity contribution in [2.75, 3.05) is 0 Å². The van der Waals surface area contributed by atoms with Crippen LogP contribution in [0.5, 0.6) is 0 Å². The van der Waals surface area contributed by atoms with Crippen molar-refractivity contribution < 1.29 is 39.5 Å². The summed E-state index contributed by atoms with van der Waals surface area (Å²) in [4.78, 5) is 1.73. The molecule has 1 aliphatic rings. The summed E-state index contributed by atoms with van der Waals surface area (Å²) in [6.07, 6.45) is -11.8. The van der Waals surface area contributed by atoms with Crippen LogP contribution in [0.2, 0.25) is 0 Å². The van der Waals surface area contributed by atoms with Gasteiger partial charge in [-0.15, -0.1) is 0 Å². The van der Waals surface area contributed by atoms with E-state index < -0.39 is 53.4 Å². The van der Waals surface area contributed by atoms with E-state index >= 15 is 0 Å². The first-order valence-corrected chi connectivity index (χ1v) is 11.3. The maximum atomic E-state index is 13.7. The molecule has 0 unspecified atom stereocenters. The molecular formula is C25H26F9N. The van der Waals surface area contributed by atoms with Crippen molar-refractivity contribution in [1.82, 2.24) is 4.90 Å². The second-order valence-corrected chi connectivity index (χ2v) is 9.19. The van der Waals surface area contributed by atoms with E-state index in [2.05, 4.69) is 0 Å². The molecule has 35 heavy (non-hydrogen) atoms. The van der Waals surface area contributed by atoms with Gasteiger partial charge in [-0.3, -0.25) is 4.90 Å². The molecule has 1 saturated heterocycles. The summed E-state index contributed by atoms with van der Waals surface area (Å²) in [6.45, 7) is 3.46. The van der Waals surface area contributed by atoms with Gasteiger partial charge < -0.3 is 0 Å². The molecule has 3 rings (SSSR count). The number of alkyl halides is 9. The largest absolute Gasteiger partial charge is 0.416 e. The number of hydrogen-bond donors (Lipinski definition) is 0. The van der Waals surface area contributed by atoms with E-state index in [0.29, 0.717) is 49.4 Å². The van der Waals surface area contributed by atoms with Crippen LogP contribution >= 0.6 is 0 Å². The van der Waals surface area contributed by atoms with Crippen molar-refractivity contribution >= 4 is 0 Å². The molecular weight excluding hydrogens is 485 g/mol. The number of piperidine rings is 1. The average Bonchev–Trinajstić information content (AvgIpc) is 2.73. The summed E-state index contributed by atoms with van der Waals surface area (Å²) in [5, 5.41) is 0. The molecule has 194 valence electrons. The summed E-state index contributed by atoms with van der Waals surface area (Å²) in [6, 6.07) is 5.10. The van der Waals surface area contributed by atoms with Gasteiger partial charge >= 0.3 is 18.5 Å². The number of likely N-dealkylation sites (tertiary alicyclic amines) is 1. The molecule has 0 N–H and O–H groups in total. The van der Waals surface area contributed by atoms with Crippen LogP contribution in [0.15, 0.2) is 42.5 Å². The van der Waals surface area contributed by atoms with E-state index in [1.807, 2.05) is 13.8 Å². The Labute approximate surface area is 197 Å². The number of nitrogens with zero attached hydrogens (tertiary/aromatic N) is 1. The normalized spacial score (nSPS) is 22.4. The molecule has 0 aromatic heterocycles. The Morgan fingerprint density at radius 3 is 1.86 bits per heavy atom. The van der Waals surface area contributed by atoms with Crippen LogP contribution in [0, 0.1) is 5.92 Å². The van der Waals surface area contributed by atoms with Gasteiger partial charge in [0.1, 0.15) is 0 Å². The van der Waals surface area contributed by atoms with Crippen LogP contribution < -0.4 is 0 Å². The Kier molecular flexibility index (Phi) is 7.84. The van der Waals surface area contributed by atoms with E-state index in [1.54, 1.807) is 4.90 Å². The van der Waals surface area contributed by atoms with Crippen molar-refractivity contribution in [2.24, 2.45) is 5.92 Å². The third-order valence-corrected chi connectivity index (χ3v) is 6.50. The second kappa shape index (κ2) is 10.0. The van der Waals surface area contributed by atoms with E-state index in [9.17, 15) is 39.5 Å². The van der Waals surface area contributed by atoms with Crippen molar-refractivity contribution in [2.45, 2.75) is 76.7 Å². The highest BCUT2D eigenvalue weighted by Crippen LogP contribution is 2.43. The summed E-state index contributed by atoms with van der Waals surface area (Å²) in [5.41, 5.74) is -3.18. The highest BCUT2D eigenvalue weighted by Gasteiger charge is 2.40. The van der Waals surface area contributed by atoms with Gasteiger partial charge in [0, 0.05) is 18.6 Å². The van der Waals surface area contributed by atoms with Gasteiger partial charge in [-0.2, -0.15) is 39.5 Å². The standard InChI is InChI=1S/C25H26F9N/c1-3-4-20-11-15(2)12-22(16-5-7-18(8-6-16)23(26,27)28)35(20)14-17-13-19(24(29,30)31)9-10-21(17)25(32,33)34/h5-10,13,15,20,22H,3-4,11-12,14H2,1-2H3/t15-,20+,22+/m0/s1. The van der Waals surface area contributed by atoms with Gasteiger partial charge in [-0.05, 0) is 66.6 Å². The summed E-state index contributed by atoms with van der Waals surface area (Å²) < 4.78 is 120. The van der Waals surface area contributed by atoms with Crippen LogP contribution in [-0.2, 0) is 25.1 Å². The van der Waals surface area contributed by atoms with Crippen LogP contribution in [0.4, 0.5) is 39.5 Å². The molecule has 10 heteroatoms. The molecule has 0 bridgehead atoms. The molecule has 1 nitrogen and oxygen atoms in total. The molecule has 2 aromatic carbocycles. The fourth-order valence-corrected chi connectivity index (χ4v) is 4.92. The number of hydrogen-bond acceptors (Lipinski definition) is 1. The van der Waals surface area contributed by atoms with Crippen LogP contribution in [0.25, 0.3) is 0 Å². The topological polar surface area (TPSA) is 3.24 Å². The Hall–Kier alpha value is -2.23. The van der Waals surface area contributed by atoms with Crippen LogP contribution in [0.3, 0.4) is 0 Å². The molecule has 1 aliphatic heterocycles. The van der Waals surface area contributed by atoms with Crippen molar-refractivity contribution in [3.8, 4) is 0 Å². The Balaban J connectivity index is 2.07. The van der Waals surface area contributed by atoms with Gasteiger partial charge in [-0.1, -0.05) is 32.4 Å². The zero-order valence-electron chi connectivity index (χ0n) is 19.2. The summed E-state index contributed by atoms with van der Waals surface area (Å²) in [5.74, 6) is 0.138. The van der Waals surface area contributed by atoms with Crippen LogP contribution in [-0.4, -0.2) is 10.9 Å². The Morgan fingerprint density at radius 2 is 1.34 bits per heavy atom. The zero-order chi connectivity index (χ0) is 26.2. The molecule has 3 atom stereocenters. The number of halogens is 9. The van der Waals surface area contributed by atoms with Crippen molar-refractivity contribution in [3.63, 3.8) is 0 Å². The lowest BCUT2D eigenvalue weighted by atomic mass is 9.82. The third-order valence-electron chi connectivity index (χ3n) is 6.50. The van der Waals surface area contributed by atoms with Gasteiger partial charge in [0.25, 0.3) is 0 Å². The van der Waals surface area contributed by atoms with Gasteiger partial charge in [0.05, 0.1) is 16.7 Å². The predicted octanol–water partition coefficient (Wildman–Crippen LogP) is 8.88. The lowest BCUT2D eigenvalue weighted by Gasteiger charge is -2.45. The number of benzene rings is 2. The Morgan fingerprint density at radius 1 is 0.771 bits per heavy atom. The van der Waals surface area contributed by atoms with Crippen LogP contribution in [0.1, 0.15) is 73.4 Å². The quantitative estimate of drug-likeness (QED) is 0.363. The van der Waals surface area contributed by atoms with Gasteiger partial charge in [0.15, 0.2) is 0 Å². The van der Waals surface area contributed by atoms with Crippen molar-refractivity contribution in [3.05, 3.63) is 70.3 Å². The molecule has 1 fully saturated rings.